The van der Waals surface area contributed by atoms with E-state index in [2.05, 4.69) is 20.8 Å². The Balaban J connectivity index is 1.64. The van der Waals surface area contributed by atoms with Gasteiger partial charge in [0, 0.05) is 12.2 Å². The van der Waals surface area contributed by atoms with Gasteiger partial charge in [-0.05, 0) is 37.1 Å². The van der Waals surface area contributed by atoms with E-state index >= 15 is 0 Å². The molecule has 26 heavy (non-hydrogen) atoms. The van der Waals surface area contributed by atoms with Crippen LogP contribution in [0.25, 0.3) is 0 Å². The predicted molar refractivity (Wildman–Crippen MR) is 100 cm³/mol. The van der Waals surface area contributed by atoms with Gasteiger partial charge in [0.2, 0.25) is 0 Å². The summed E-state index contributed by atoms with van der Waals surface area (Å²) in [6, 6.07) is 18.5. The van der Waals surface area contributed by atoms with E-state index in [1.807, 2.05) is 37.3 Å². The van der Waals surface area contributed by atoms with E-state index in [0.717, 1.165) is 17.7 Å². The summed E-state index contributed by atoms with van der Waals surface area (Å²) < 4.78 is 0. The SMILES string of the molecule is Cc1cc(C(=O)Nc2ccccc2C(=O)NCCc2ccccc2)n[nH]1. The molecule has 6 heteroatoms. The third-order valence-electron chi connectivity index (χ3n) is 3.90. The summed E-state index contributed by atoms with van der Waals surface area (Å²) in [5, 5.41) is 12.3. The van der Waals surface area contributed by atoms with Crippen molar-refractivity contribution < 1.29 is 9.59 Å². The van der Waals surface area contributed by atoms with Crippen LogP contribution in [-0.4, -0.2) is 28.6 Å². The van der Waals surface area contributed by atoms with Gasteiger partial charge in [0.15, 0.2) is 5.69 Å². The minimum atomic E-state index is -0.362. The average Bonchev–Trinajstić information content (AvgIpc) is 3.09. The summed E-state index contributed by atoms with van der Waals surface area (Å²) in [6.07, 6.45) is 0.744. The molecule has 3 N–H and O–H groups in total. The molecule has 0 aliphatic heterocycles. The van der Waals surface area contributed by atoms with Crippen molar-refractivity contribution in [3.05, 3.63) is 83.2 Å². The van der Waals surface area contributed by atoms with Crippen molar-refractivity contribution in [3.63, 3.8) is 0 Å². The third-order valence-corrected chi connectivity index (χ3v) is 3.90. The molecular formula is C20H20N4O2. The Labute approximate surface area is 151 Å². The molecule has 0 aliphatic carbocycles. The lowest BCUT2D eigenvalue weighted by molar-refractivity contribution is 0.0955. The van der Waals surface area contributed by atoms with Gasteiger partial charge in [-0.3, -0.25) is 14.7 Å². The molecule has 0 radical (unpaired) electrons. The van der Waals surface area contributed by atoms with Crippen molar-refractivity contribution in [2.24, 2.45) is 0 Å². The number of nitrogens with zero attached hydrogens (tertiary/aromatic N) is 1. The predicted octanol–water partition coefficient (Wildman–Crippen LogP) is 2.94. The molecule has 0 aliphatic rings. The van der Waals surface area contributed by atoms with E-state index in [4.69, 9.17) is 0 Å². The van der Waals surface area contributed by atoms with Crippen molar-refractivity contribution in [2.75, 3.05) is 11.9 Å². The lowest BCUT2D eigenvalue weighted by atomic mass is 10.1. The minimum Gasteiger partial charge on any atom is -0.352 e. The summed E-state index contributed by atoms with van der Waals surface area (Å²) in [6.45, 7) is 2.33. The van der Waals surface area contributed by atoms with Crippen LogP contribution in [-0.2, 0) is 6.42 Å². The van der Waals surface area contributed by atoms with E-state index in [1.165, 1.54) is 0 Å². The quantitative estimate of drug-likeness (QED) is 0.640. The van der Waals surface area contributed by atoms with E-state index in [0.29, 0.717) is 17.8 Å². The lowest BCUT2D eigenvalue weighted by Crippen LogP contribution is -2.27. The molecule has 0 atom stereocenters. The van der Waals surface area contributed by atoms with Crippen molar-refractivity contribution >= 4 is 17.5 Å². The summed E-state index contributed by atoms with van der Waals surface area (Å²) in [5.74, 6) is -0.589. The molecule has 0 fully saturated rings. The first-order valence-electron chi connectivity index (χ1n) is 8.38. The summed E-state index contributed by atoms with van der Waals surface area (Å²) in [5.41, 5.74) is 3.10. The number of benzene rings is 2. The molecule has 0 saturated carbocycles. The van der Waals surface area contributed by atoms with Crippen LogP contribution in [0, 0.1) is 6.92 Å². The van der Waals surface area contributed by atoms with Gasteiger partial charge >= 0.3 is 0 Å². The number of para-hydroxylation sites is 1. The highest BCUT2D eigenvalue weighted by atomic mass is 16.2. The summed E-state index contributed by atoms with van der Waals surface area (Å²) >= 11 is 0. The molecule has 2 aromatic carbocycles. The van der Waals surface area contributed by atoms with Crippen LogP contribution in [0.3, 0.4) is 0 Å². The Bertz CT molecular complexity index is 903. The molecule has 0 bridgehead atoms. The monoisotopic (exact) mass is 348 g/mol. The Hall–Kier alpha value is -3.41. The van der Waals surface area contributed by atoms with E-state index < -0.39 is 0 Å². The Morgan fingerprint density at radius 3 is 2.46 bits per heavy atom. The van der Waals surface area contributed by atoms with Crippen molar-refractivity contribution in [3.8, 4) is 0 Å². The first-order valence-corrected chi connectivity index (χ1v) is 8.38. The lowest BCUT2D eigenvalue weighted by Gasteiger charge is -2.11. The first kappa shape index (κ1) is 17.4. The van der Waals surface area contributed by atoms with Gasteiger partial charge in [-0.2, -0.15) is 5.10 Å². The highest BCUT2D eigenvalue weighted by Crippen LogP contribution is 2.16. The van der Waals surface area contributed by atoms with Crippen LogP contribution >= 0.6 is 0 Å². The van der Waals surface area contributed by atoms with Crippen LogP contribution in [0.15, 0.2) is 60.7 Å². The minimum absolute atomic E-state index is 0.227. The smallest absolute Gasteiger partial charge is 0.276 e. The Kier molecular flexibility index (Phi) is 5.43. The second-order valence-electron chi connectivity index (χ2n) is 5.93. The number of aryl methyl sites for hydroxylation is 1. The number of aromatic amines is 1. The highest BCUT2D eigenvalue weighted by Gasteiger charge is 2.15. The first-order chi connectivity index (χ1) is 12.6. The molecule has 0 spiro atoms. The zero-order valence-electron chi connectivity index (χ0n) is 14.5. The van der Waals surface area contributed by atoms with Gasteiger partial charge in [0.25, 0.3) is 11.8 Å². The zero-order valence-corrected chi connectivity index (χ0v) is 14.5. The Morgan fingerprint density at radius 2 is 1.73 bits per heavy atom. The number of anilines is 1. The van der Waals surface area contributed by atoms with Crippen LogP contribution in [0.2, 0.25) is 0 Å². The fraction of sp³-hybridized carbons (Fsp3) is 0.150. The maximum absolute atomic E-state index is 12.5. The topological polar surface area (TPSA) is 86.9 Å². The van der Waals surface area contributed by atoms with Crippen LogP contribution in [0.4, 0.5) is 5.69 Å². The van der Waals surface area contributed by atoms with Gasteiger partial charge in [0.1, 0.15) is 0 Å². The van der Waals surface area contributed by atoms with E-state index in [-0.39, 0.29) is 17.5 Å². The maximum atomic E-state index is 12.5. The molecule has 0 saturated heterocycles. The van der Waals surface area contributed by atoms with Crippen LogP contribution in [0.1, 0.15) is 32.1 Å². The summed E-state index contributed by atoms with van der Waals surface area (Å²) in [4.78, 5) is 24.8. The number of carbonyl (C=O) groups is 2. The van der Waals surface area contributed by atoms with Gasteiger partial charge in [-0.1, -0.05) is 42.5 Å². The second-order valence-corrected chi connectivity index (χ2v) is 5.93. The molecule has 1 heterocycles. The number of nitrogens with one attached hydrogen (secondary N) is 3. The number of aromatic nitrogens is 2. The van der Waals surface area contributed by atoms with Crippen molar-refractivity contribution in [1.29, 1.82) is 0 Å². The molecule has 0 unspecified atom stereocenters. The number of amides is 2. The second kappa shape index (κ2) is 8.11. The highest BCUT2D eigenvalue weighted by molar-refractivity contribution is 6.08. The van der Waals surface area contributed by atoms with Gasteiger partial charge in [-0.15, -0.1) is 0 Å². The van der Waals surface area contributed by atoms with Crippen molar-refractivity contribution in [1.82, 2.24) is 15.5 Å². The molecule has 2 amide bonds. The summed E-state index contributed by atoms with van der Waals surface area (Å²) in [7, 11) is 0. The van der Waals surface area contributed by atoms with E-state index in [9.17, 15) is 9.59 Å². The van der Waals surface area contributed by atoms with Gasteiger partial charge < -0.3 is 10.6 Å². The van der Waals surface area contributed by atoms with Gasteiger partial charge in [0.05, 0.1) is 11.3 Å². The number of hydrogen-bond acceptors (Lipinski definition) is 3. The van der Waals surface area contributed by atoms with Crippen LogP contribution < -0.4 is 10.6 Å². The van der Waals surface area contributed by atoms with E-state index in [1.54, 1.807) is 30.3 Å². The molecule has 6 nitrogen and oxygen atoms in total. The number of carbonyl (C=O) groups excluding carboxylic acids is 2. The average molecular weight is 348 g/mol. The standard InChI is InChI=1S/C20H20N4O2/c1-14-13-18(24-23-14)20(26)22-17-10-6-5-9-16(17)19(25)21-12-11-15-7-3-2-4-8-15/h2-10,13H,11-12H2,1H3,(H,21,25)(H,22,26)(H,23,24). The van der Waals surface area contributed by atoms with Gasteiger partial charge in [-0.25, -0.2) is 0 Å². The van der Waals surface area contributed by atoms with Crippen molar-refractivity contribution in [2.45, 2.75) is 13.3 Å². The third kappa shape index (κ3) is 4.36. The molecule has 1 aromatic heterocycles. The molecule has 3 rings (SSSR count). The van der Waals surface area contributed by atoms with Crippen LogP contribution in [0.5, 0.6) is 0 Å². The fourth-order valence-corrected chi connectivity index (χ4v) is 2.57. The zero-order chi connectivity index (χ0) is 18.4. The Morgan fingerprint density at radius 1 is 1.00 bits per heavy atom. The fourth-order valence-electron chi connectivity index (χ4n) is 2.57. The number of H-pyrrole nitrogens is 1. The number of rotatable bonds is 6. The normalized spacial score (nSPS) is 10.3. The molecular weight excluding hydrogens is 328 g/mol. The maximum Gasteiger partial charge on any atom is 0.276 e. The molecule has 132 valence electrons. The number of hydrogen-bond donors (Lipinski definition) is 3. The molecule has 3 aromatic rings. The largest absolute Gasteiger partial charge is 0.352 e.